The number of fused-ring (bicyclic) bond motifs is 3. The van der Waals surface area contributed by atoms with Gasteiger partial charge >= 0.3 is 150 Å². The zero-order chi connectivity index (χ0) is 99.8. The van der Waals surface area contributed by atoms with E-state index in [1.165, 1.54) is 11.4 Å². The van der Waals surface area contributed by atoms with Crippen LogP contribution in [0.1, 0.15) is 131 Å². The minimum atomic E-state index is -1.96. The molecule has 0 saturated heterocycles. The van der Waals surface area contributed by atoms with Gasteiger partial charge in [-0.15, -0.1) is 11.6 Å². The van der Waals surface area contributed by atoms with Crippen LogP contribution in [0.3, 0.4) is 0 Å². The molecule has 0 saturated carbocycles. The predicted molar refractivity (Wildman–Crippen MR) is 618 cm³/mol. The number of aromatic hydroxyl groups is 1. The number of aliphatic imine (C=N–C) groups is 1. The summed E-state index contributed by atoms with van der Waals surface area (Å²) in [5.41, 5.74) is 1.90. The van der Waals surface area contributed by atoms with Crippen LogP contribution >= 0.6 is 202 Å². The first-order chi connectivity index (χ1) is 64.8. The van der Waals surface area contributed by atoms with Crippen LogP contribution in [0.15, 0.2) is 266 Å². The fraction of sp³-hybridized carbons (Fsp3) is 0.255. The van der Waals surface area contributed by atoms with E-state index in [9.17, 15) is 38.7 Å². The van der Waals surface area contributed by atoms with Crippen LogP contribution in [0.5, 0.6) is 63.2 Å². The summed E-state index contributed by atoms with van der Waals surface area (Å²) in [6.07, 6.45) is -0.0289. The van der Waals surface area contributed by atoms with Crippen LogP contribution in [-0.4, -0.2) is 118 Å². The third kappa shape index (κ3) is 45.1. The molecule has 2 aromatic heterocycles. The summed E-state index contributed by atoms with van der Waals surface area (Å²) in [6, 6.07) is 80.3. The van der Waals surface area contributed by atoms with Gasteiger partial charge in [-0.3, -0.25) is 9.79 Å². The fourth-order valence-corrected chi connectivity index (χ4v) is 12.3. The predicted octanol–water partition coefficient (Wildman–Crippen LogP) is 30.0. The number of alkyl halides is 5. The monoisotopic (exact) mass is 2970 g/mol. The molecule has 0 fully saturated rings. The average Bonchev–Trinajstić information content (AvgIpc) is 0.750. The molecule has 10 aromatic carbocycles. The number of aryl methyl sites for hydroxylation is 2. The normalized spacial score (nSPS) is 10.7. The number of hydrogen-bond donors (Lipinski definition) is 2. The van der Waals surface area contributed by atoms with E-state index >= 15 is 0 Å². The molecule has 1 aliphatic heterocycles. The van der Waals surface area contributed by atoms with Gasteiger partial charge in [0.15, 0.2) is 11.4 Å². The molecule has 0 bridgehead atoms. The standard InChI is InChI=1S/C22H25NO6.C22H23NO5.C19H17NO4.C19H17NO3.C13H11ClO.C2H5I.C2H6.CHI3.2CH3.5HI.2V/c1-4-27-20(25)22(23-16(3)24,21(26)28-5-2)15-17-11-13-19(14-12-17)29-18-9-7-6-8-10-18;1-4-26-20(24)22(21(25)27-5-2)14-16-11-12-18(13-19(16)15(3)23-22)28-17-9-7-6-8-10-17;1-3-23-19(22)17-18(21)15-10-9-14(11-16(15)12(2)20-17)24-13-7-5-4-6-8-13;1-3-22-19(21)18-11-14-9-10-16(12-17(14)13(2)20-18)23-15-7-5-4-6-8-15;14-10-11-6-8-13(9-7-11)15-12-4-2-1-3-5-12;1-2-3;1-2;2-1(3)4;;;;;;;;;/h6-14H,4-5,15H2,1-3H3,(H,23,24);6-13H,4-5,14H2,1-3H3;4-11,21H,3H2,1-2H3;4-12H,3H2,1-2H3;1-9H,10H2;2H2,1H3;1-2H3;1H;2*1H3;5*1H;;/q;;;;;;;;2*-1;;;;;;+2;+3/p-5. The van der Waals surface area contributed by atoms with Crippen molar-refractivity contribution in [2.24, 2.45) is 4.99 Å². The summed E-state index contributed by atoms with van der Waals surface area (Å²) in [6.45, 7) is 23.8. The van der Waals surface area contributed by atoms with Crippen LogP contribution in [0.2, 0.25) is 0 Å². The van der Waals surface area contributed by atoms with Crippen molar-refractivity contribution in [1.82, 2.24) is 15.3 Å². The van der Waals surface area contributed by atoms with Crippen LogP contribution in [0.25, 0.3) is 21.5 Å². The molecule has 1 aliphatic rings. The van der Waals surface area contributed by atoms with Gasteiger partial charge in [-0.05, 0) is 222 Å². The molecule has 1 amide bonds. The second-order valence-corrected chi connectivity index (χ2v) is 86.8. The molecule has 35 heteroatoms. The van der Waals surface area contributed by atoms with Gasteiger partial charge in [0.1, 0.15) is 63.1 Å². The number of aromatic nitrogens is 2. The topological polar surface area (TPSA) is 291 Å². The number of benzene rings is 10. The van der Waals surface area contributed by atoms with Gasteiger partial charge in [-0.25, -0.2) is 38.7 Å². The van der Waals surface area contributed by atoms with Crippen molar-refractivity contribution in [3.8, 4) is 63.2 Å². The van der Waals surface area contributed by atoms with Crippen molar-refractivity contribution >= 4 is 271 Å². The molecular formula is C102H111ClI9N4O19V2-2. The van der Waals surface area contributed by atoms with Crippen molar-refractivity contribution in [3.05, 3.63) is 321 Å². The summed E-state index contributed by atoms with van der Waals surface area (Å²) in [7, 11) is 0.628. The van der Waals surface area contributed by atoms with E-state index in [0.29, 0.717) is 78.4 Å². The van der Waals surface area contributed by atoms with Crippen LogP contribution in [0.4, 0.5) is 0 Å². The Morgan fingerprint density at radius 2 is 0.788 bits per heavy atom. The molecule has 0 unspecified atom stereocenters. The zero-order valence-corrected chi connectivity index (χ0v) is 101. The summed E-state index contributed by atoms with van der Waals surface area (Å²) in [5.74, 6) is 2.85. The van der Waals surface area contributed by atoms with Gasteiger partial charge in [-0.2, -0.15) is 0 Å². The first kappa shape index (κ1) is 127. The number of esters is 6. The first-order valence-corrected chi connectivity index (χ1v) is 70.3. The van der Waals surface area contributed by atoms with E-state index in [0.717, 1.165) is 67.6 Å². The van der Waals surface area contributed by atoms with Crippen molar-refractivity contribution in [2.45, 2.75) is 120 Å². The Balaban J connectivity index is 0.000000559. The molecule has 0 radical (unpaired) electrons. The molecule has 12 aromatic rings. The zero-order valence-electron chi connectivity index (χ0n) is 78.3. The maximum absolute atomic E-state index is 12.7. The molecular weight excluding hydrogens is 2860 g/mol. The third-order valence-corrected chi connectivity index (χ3v) is 17.9. The van der Waals surface area contributed by atoms with E-state index in [1.807, 2.05) is 233 Å². The van der Waals surface area contributed by atoms with Crippen LogP contribution in [0, 0.1) is 28.7 Å². The van der Waals surface area contributed by atoms with Gasteiger partial charge in [0.25, 0.3) is 5.54 Å². The van der Waals surface area contributed by atoms with Gasteiger partial charge in [-0.1, -0.05) is 239 Å². The number of para-hydroxylation sites is 5. The number of halogens is 10. The van der Waals surface area contributed by atoms with E-state index < -0.39 is 52.8 Å². The summed E-state index contributed by atoms with van der Waals surface area (Å²) in [4.78, 5) is 98.8. The molecule has 3 heterocycles. The number of nitrogens with zero attached hydrogens (tertiary/aromatic N) is 3. The van der Waals surface area contributed by atoms with E-state index in [-0.39, 0.29) is 77.1 Å². The third-order valence-electron chi connectivity index (χ3n) is 17.6. The van der Waals surface area contributed by atoms with Crippen molar-refractivity contribution in [2.75, 3.05) is 44.1 Å². The van der Waals surface area contributed by atoms with Crippen LogP contribution in [-0.2, 0) is 85.5 Å². The summed E-state index contributed by atoms with van der Waals surface area (Å²) >= 11 is 27.1. The SMILES string of the molecule is CC.CCI.CCOC(=O)C(Cc1ccc(Oc2ccccc2)cc1)(NC(C)=O)C(=O)OCC.CCOC(=O)C1(C(=O)OCC)Cc2ccc(Oc3ccccc3)cc2C(C)=N1.CCOC(=O)c1cc2ccc(Oc3ccccc3)cc2c(C)n1.CCOC(=O)c1nc(C)c2cc(Oc3ccccc3)ccc2c1O.ClCc1ccc(Oc2ccccc2)cc1.IC(I)I.[CH3-].[CH3-].[I][V]([I])[I].[I][V][I]. The second kappa shape index (κ2) is 71.3. The number of rotatable bonds is 26. The number of pyridine rings is 2. The molecule has 0 spiro atoms. The quantitative estimate of drug-likeness (QED) is 0.0127. The van der Waals surface area contributed by atoms with Gasteiger partial charge in [0, 0.05) is 64.5 Å². The molecule has 735 valence electrons. The van der Waals surface area contributed by atoms with Gasteiger partial charge in [0.2, 0.25) is 11.4 Å². The summed E-state index contributed by atoms with van der Waals surface area (Å²) < 4.78 is 61.2. The molecule has 23 nitrogen and oxygen atoms in total. The summed E-state index contributed by atoms with van der Waals surface area (Å²) in [5, 5.41) is 15.9. The van der Waals surface area contributed by atoms with Crippen molar-refractivity contribution in [3.63, 3.8) is 0 Å². The Bertz CT molecular complexity index is 5600. The molecule has 2 N–H and O–H groups in total. The van der Waals surface area contributed by atoms with Gasteiger partial charge in [0.05, 0.1) is 39.6 Å². The van der Waals surface area contributed by atoms with E-state index in [1.54, 1.807) is 104 Å². The molecule has 0 aliphatic carbocycles. The second-order valence-electron chi connectivity index (χ2n) is 27.0. The Kier molecular flexibility index (Phi) is 66.0. The first-order valence-electron chi connectivity index (χ1n) is 42.0. The number of ether oxygens (including phenoxy) is 11. The molecule has 137 heavy (non-hydrogen) atoms. The van der Waals surface area contributed by atoms with E-state index in [2.05, 4.69) is 217 Å². The van der Waals surface area contributed by atoms with E-state index in [4.69, 9.17) is 63.7 Å². The number of amides is 1. The Morgan fingerprint density at radius 3 is 1.17 bits per heavy atom. The number of hydrogen-bond acceptors (Lipinski definition) is 22. The number of nitrogens with one attached hydrogen (secondary N) is 1. The molecule has 13 rings (SSSR count). The average molecular weight is 2980 g/mol. The maximum atomic E-state index is 12.7. The number of carbonyl (C=O) groups excluding carboxylic acids is 7. The Morgan fingerprint density at radius 1 is 0.460 bits per heavy atom. The number of carbonyl (C=O) groups is 7. The Hall–Kier alpha value is -6.19. The van der Waals surface area contributed by atoms with Crippen LogP contribution < -0.4 is 29.0 Å². The fourth-order valence-electron chi connectivity index (χ4n) is 12.1. The van der Waals surface area contributed by atoms with Crippen molar-refractivity contribution in [1.29, 1.82) is 0 Å². The van der Waals surface area contributed by atoms with Crippen molar-refractivity contribution < 1.29 is 105 Å². The minimum absolute atomic E-state index is 0. The Labute approximate surface area is 931 Å². The molecule has 0 atom stereocenters. The van der Waals surface area contributed by atoms with Gasteiger partial charge < -0.3 is 77.4 Å².